The third kappa shape index (κ3) is 2.76. The highest BCUT2D eigenvalue weighted by Gasteiger charge is 2.11. The van der Waals surface area contributed by atoms with Crippen molar-refractivity contribution in [2.24, 2.45) is 0 Å². The minimum atomic E-state index is -0.141. The molecule has 5 heteroatoms. The van der Waals surface area contributed by atoms with Crippen LogP contribution in [-0.2, 0) is 0 Å². The lowest BCUT2D eigenvalue weighted by Crippen LogP contribution is -2.14. The SMILES string of the molecule is CCC(Nc1ccc(-n2cc[nH]c2=O)cc1)c1ccco1. The van der Waals surface area contributed by atoms with Crippen molar-refractivity contribution >= 4 is 5.69 Å². The first-order chi connectivity index (χ1) is 10.3. The van der Waals surface area contributed by atoms with Gasteiger partial charge in [-0.2, -0.15) is 0 Å². The molecule has 5 nitrogen and oxygen atoms in total. The quantitative estimate of drug-likeness (QED) is 0.755. The summed E-state index contributed by atoms with van der Waals surface area (Å²) in [5, 5.41) is 3.43. The Labute approximate surface area is 122 Å². The lowest BCUT2D eigenvalue weighted by Gasteiger charge is -2.16. The molecule has 0 saturated heterocycles. The van der Waals surface area contributed by atoms with Gasteiger partial charge in [0.25, 0.3) is 0 Å². The zero-order valence-electron chi connectivity index (χ0n) is 11.7. The summed E-state index contributed by atoms with van der Waals surface area (Å²) in [6.45, 7) is 2.11. The highest BCUT2D eigenvalue weighted by Crippen LogP contribution is 2.23. The Morgan fingerprint density at radius 2 is 2.10 bits per heavy atom. The third-order valence-corrected chi connectivity index (χ3v) is 3.43. The van der Waals surface area contributed by atoms with Crippen LogP contribution in [0.4, 0.5) is 5.69 Å². The summed E-state index contributed by atoms with van der Waals surface area (Å²) in [5.41, 5.74) is 1.68. The monoisotopic (exact) mass is 283 g/mol. The van der Waals surface area contributed by atoms with Gasteiger partial charge in [0.1, 0.15) is 5.76 Å². The number of rotatable bonds is 5. The van der Waals surface area contributed by atoms with E-state index in [2.05, 4.69) is 17.2 Å². The normalized spacial score (nSPS) is 12.2. The van der Waals surface area contributed by atoms with Gasteiger partial charge in [-0.1, -0.05) is 6.92 Å². The summed E-state index contributed by atoms with van der Waals surface area (Å²) in [6.07, 6.45) is 5.94. The van der Waals surface area contributed by atoms with Crippen LogP contribution in [-0.4, -0.2) is 9.55 Å². The number of hydrogen-bond donors (Lipinski definition) is 2. The van der Waals surface area contributed by atoms with Crippen LogP contribution in [0.5, 0.6) is 0 Å². The maximum Gasteiger partial charge on any atom is 0.330 e. The summed E-state index contributed by atoms with van der Waals surface area (Å²) in [4.78, 5) is 14.2. The molecule has 0 radical (unpaired) electrons. The summed E-state index contributed by atoms with van der Waals surface area (Å²) >= 11 is 0. The molecule has 2 N–H and O–H groups in total. The van der Waals surface area contributed by atoms with Gasteiger partial charge >= 0.3 is 5.69 Å². The van der Waals surface area contributed by atoms with Crippen molar-refractivity contribution in [1.29, 1.82) is 0 Å². The number of aromatic nitrogens is 2. The summed E-state index contributed by atoms with van der Waals surface area (Å²) in [7, 11) is 0. The lowest BCUT2D eigenvalue weighted by atomic mass is 10.1. The van der Waals surface area contributed by atoms with E-state index in [1.54, 1.807) is 23.2 Å². The van der Waals surface area contributed by atoms with Gasteiger partial charge in [0.2, 0.25) is 0 Å². The minimum Gasteiger partial charge on any atom is -0.467 e. The summed E-state index contributed by atoms with van der Waals surface area (Å²) in [6, 6.07) is 11.7. The number of hydrogen-bond acceptors (Lipinski definition) is 3. The van der Waals surface area contributed by atoms with Crippen LogP contribution in [0, 0.1) is 0 Å². The van der Waals surface area contributed by atoms with E-state index in [-0.39, 0.29) is 11.7 Å². The highest BCUT2D eigenvalue weighted by atomic mass is 16.3. The number of benzene rings is 1. The number of nitrogens with one attached hydrogen (secondary N) is 2. The van der Waals surface area contributed by atoms with Gasteiger partial charge in [0, 0.05) is 18.1 Å². The van der Waals surface area contributed by atoms with E-state index in [1.807, 2.05) is 36.4 Å². The summed E-state index contributed by atoms with van der Waals surface area (Å²) in [5.74, 6) is 0.920. The van der Waals surface area contributed by atoms with Gasteiger partial charge in [-0.25, -0.2) is 4.79 Å². The molecule has 2 heterocycles. The smallest absolute Gasteiger partial charge is 0.330 e. The van der Waals surface area contributed by atoms with Crippen LogP contribution < -0.4 is 11.0 Å². The van der Waals surface area contributed by atoms with E-state index < -0.39 is 0 Å². The second-order valence-corrected chi connectivity index (χ2v) is 4.80. The van der Waals surface area contributed by atoms with Crippen LogP contribution in [0.1, 0.15) is 25.1 Å². The van der Waals surface area contributed by atoms with Crippen molar-refractivity contribution in [3.05, 3.63) is 71.3 Å². The Morgan fingerprint density at radius 3 is 2.67 bits per heavy atom. The number of H-pyrrole nitrogens is 1. The first-order valence-electron chi connectivity index (χ1n) is 6.94. The fraction of sp³-hybridized carbons (Fsp3) is 0.188. The van der Waals surface area contributed by atoms with E-state index >= 15 is 0 Å². The maximum atomic E-state index is 11.6. The van der Waals surface area contributed by atoms with Crippen molar-refractivity contribution in [3.8, 4) is 5.69 Å². The van der Waals surface area contributed by atoms with E-state index in [1.165, 1.54) is 0 Å². The lowest BCUT2D eigenvalue weighted by molar-refractivity contribution is 0.474. The number of anilines is 1. The third-order valence-electron chi connectivity index (χ3n) is 3.43. The Balaban J connectivity index is 1.78. The molecule has 0 amide bonds. The number of imidazole rings is 1. The van der Waals surface area contributed by atoms with Crippen LogP contribution in [0.2, 0.25) is 0 Å². The van der Waals surface area contributed by atoms with Gasteiger partial charge in [-0.05, 0) is 42.8 Å². The molecule has 1 aromatic carbocycles. The summed E-state index contributed by atoms with van der Waals surface area (Å²) < 4.78 is 7.01. The van der Waals surface area contributed by atoms with E-state index in [0.29, 0.717) is 0 Å². The van der Waals surface area contributed by atoms with Crippen molar-refractivity contribution < 1.29 is 4.42 Å². The topological polar surface area (TPSA) is 63.0 Å². The van der Waals surface area contributed by atoms with Crippen molar-refractivity contribution in [3.63, 3.8) is 0 Å². The van der Waals surface area contributed by atoms with E-state index in [9.17, 15) is 4.79 Å². The van der Waals surface area contributed by atoms with Gasteiger partial charge in [0.05, 0.1) is 18.0 Å². The van der Waals surface area contributed by atoms with Crippen LogP contribution in [0.25, 0.3) is 5.69 Å². The Kier molecular flexibility index (Phi) is 3.64. The maximum absolute atomic E-state index is 11.6. The standard InChI is InChI=1S/C16H17N3O2/c1-2-14(15-4-3-11-21-15)18-12-5-7-13(8-6-12)19-10-9-17-16(19)20/h3-11,14,18H,2H2,1H3,(H,17,20). The van der Waals surface area contributed by atoms with Gasteiger partial charge in [-0.15, -0.1) is 0 Å². The van der Waals surface area contributed by atoms with Crippen LogP contribution in [0.15, 0.2) is 64.3 Å². The molecule has 0 aliphatic rings. The highest BCUT2D eigenvalue weighted by molar-refractivity contribution is 5.49. The van der Waals surface area contributed by atoms with E-state index in [0.717, 1.165) is 23.6 Å². The first kappa shape index (κ1) is 13.3. The van der Waals surface area contributed by atoms with Gasteiger partial charge in [-0.3, -0.25) is 4.57 Å². The number of nitrogens with zero attached hydrogens (tertiary/aromatic N) is 1. The number of furan rings is 1. The van der Waals surface area contributed by atoms with Crippen molar-refractivity contribution in [2.75, 3.05) is 5.32 Å². The molecular formula is C16H17N3O2. The Hall–Kier alpha value is -2.69. The zero-order valence-corrected chi connectivity index (χ0v) is 11.7. The molecule has 3 aromatic rings. The molecular weight excluding hydrogens is 266 g/mol. The molecule has 0 bridgehead atoms. The second kappa shape index (κ2) is 5.75. The second-order valence-electron chi connectivity index (χ2n) is 4.80. The molecule has 0 aliphatic heterocycles. The molecule has 108 valence electrons. The zero-order chi connectivity index (χ0) is 14.7. The average molecular weight is 283 g/mol. The molecule has 0 spiro atoms. The van der Waals surface area contributed by atoms with Crippen molar-refractivity contribution in [1.82, 2.24) is 9.55 Å². The van der Waals surface area contributed by atoms with Gasteiger partial charge < -0.3 is 14.7 Å². The molecule has 2 aromatic heterocycles. The fourth-order valence-corrected chi connectivity index (χ4v) is 2.31. The first-order valence-corrected chi connectivity index (χ1v) is 6.94. The van der Waals surface area contributed by atoms with Crippen LogP contribution in [0.3, 0.4) is 0 Å². The average Bonchev–Trinajstić information content (AvgIpc) is 3.17. The minimum absolute atomic E-state index is 0.140. The Bertz CT molecular complexity index is 738. The molecule has 1 unspecified atom stereocenters. The molecule has 3 rings (SSSR count). The largest absolute Gasteiger partial charge is 0.467 e. The number of aromatic amines is 1. The van der Waals surface area contributed by atoms with Crippen LogP contribution >= 0.6 is 0 Å². The molecule has 0 aliphatic carbocycles. The molecule has 0 fully saturated rings. The fourth-order valence-electron chi connectivity index (χ4n) is 2.31. The van der Waals surface area contributed by atoms with E-state index in [4.69, 9.17) is 4.42 Å². The Morgan fingerprint density at radius 1 is 1.29 bits per heavy atom. The van der Waals surface area contributed by atoms with Gasteiger partial charge in [0.15, 0.2) is 0 Å². The predicted molar refractivity (Wildman–Crippen MR) is 81.8 cm³/mol. The molecule has 0 saturated carbocycles. The molecule has 21 heavy (non-hydrogen) atoms. The predicted octanol–water partition coefficient (Wildman–Crippen LogP) is 3.32. The van der Waals surface area contributed by atoms with Crippen molar-refractivity contribution in [2.45, 2.75) is 19.4 Å². The molecule has 1 atom stereocenters.